The fourth-order valence-corrected chi connectivity index (χ4v) is 2.97. The van der Waals surface area contributed by atoms with Crippen LogP contribution in [0.5, 0.6) is 0 Å². The van der Waals surface area contributed by atoms with Gasteiger partial charge in [-0.25, -0.2) is 10.1 Å². The number of aromatic nitrogens is 4. The van der Waals surface area contributed by atoms with Crippen molar-refractivity contribution in [1.29, 1.82) is 0 Å². The van der Waals surface area contributed by atoms with Crippen LogP contribution in [0.25, 0.3) is 0 Å². The average molecular weight is 294 g/mol. The molecule has 8 heteroatoms. The maximum atomic E-state index is 5.64. The largest absolute Gasteiger partial charge is 0.371 e. The van der Waals surface area contributed by atoms with Crippen LogP contribution in [0.1, 0.15) is 28.8 Å². The number of thiazole rings is 1. The lowest BCUT2D eigenvalue weighted by molar-refractivity contribution is 0.111. The van der Waals surface area contributed by atoms with Crippen LogP contribution in [0.3, 0.4) is 0 Å². The smallest absolute Gasteiger partial charge is 0.245 e. The molecule has 0 saturated carbocycles. The summed E-state index contributed by atoms with van der Waals surface area (Å²) in [5.41, 5.74) is 0. The van der Waals surface area contributed by atoms with Crippen molar-refractivity contribution in [2.24, 2.45) is 0 Å². The van der Waals surface area contributed by atoms with Crippen molar-refractivity contribution >= 4 is 23.2 Å². The lowest BCUT2D eigenvalue weighted by atomic mass is 10.2. The molecule has 3 heterocycles. The molecule has 1 aliphatic rings. The summed E-state index contributed by atoms with van der Waals surface area (Å²) in [7, 11) is 3.81. The molecule has 0 bridgehead atoms. The Hall–Kier alpha value is -1.67. The van der Waals surface area contributed by atoms with Gasteiger partial charge in [-0.3, -0.25) is 0 Å². The maximum Gasteiger partial charge on any atom is 0.245 e. The lowest BCUT2D eigenvalue weighted by Gasteiger charge is -2.04. The summed E-state index contributed by atoms with van der Waals surface area (Å²) >= 11 is 1.69. The summed E-state index contributed by atoms with van der Waals surface area (Å²) in [6.45, 7) is 1.54. The Kier molecular flexibility index (Phi) is 3.83. The van der Waals surface area contributed by atoms with Crippen molar-refractivity contribution in [1.82, 2.24) is 20.2 Å². The Morgan fingerprint density at radius 2 is 2.45 bits per heavy atom. The number of aromatic amines is 1. The van der Waals surface area contributed by atoms with E-state index in [1.54, 1.807) is 11.3 Å². The SMILES string of the molecule is CN(C)c1n[nH]c(NCc2cnc(C3CCCO3)s2)n1. The molecule has 108 valence electrons. The molecule has 7 nitrogen and oxygen atoms in total. The average Bonchev–Trinajstić information content (AvgIpc) is 3.17. The molecule has 1 fully saturated rings. The summed E-state index contributed by atoms with van der Waals surface area (Å²) in [4.78, 5) is 11.8. The predicted octanol–water partition coefficient (Wildman–Crippen LogP) is 1.79. The van der Waals surface area contributed by atoms with E-state index in [0.717, 1.165) is 24.5 Å². The van der Waals surface area contributed by atoms with Crippen LogP contribution in [-0.2, 0) is 11.3 Å². The van der Waals surface area contributed by atoms with Gasteiger partial charge in [-0.2, -0.15) is 4.98 Å². The second-order valence-electron chi connectivity index (χ2n) is 4.90. The van der Waals surface area contributed by atoms with Crippen molar-refractivity contribution in [2.45, 2.75) is 25.5 Å². The zero-order valence-corrected chi connectivity index (χ0v) is 12.4. The number of nitrogens with zero attached hydrogens (tertiary/aromatic N) is 4. The van der Waals surface area contributed by atoms with Crippen LogP contribution in [0.4, 0.5) is 11.9 Å². The molecule has 0 amide bonds. The first-order valence-corrected chi connectivity index (χ1v) is 7.44. The molecule has 1 unspecified atom stereocenters. The van der Waals surface area contributed by atoms with E-state index in [4.69, 9.17) is 4.74 Å². The third-order valence-electron chi connectivity index (χ3n) is 3.08. The van der Waals surface area contributed by atoms with E-state index in [1.165, 1.54) is 4.88 Å². The van der Waals surface area contributed by atoms with Crippen LogP contribution in [0.2, 0.25) is 0 Å². The van der Waals surface area contributed by atoms with Gasteiger partial charge in [0.15, 0.2) is 0 Å². The number of rotatable bonds is 5. The van der Waals surface area contributed by atoms with Gasteiger partial charge in [0, 0.05) is 31.8 Å². The molecule has 2 N–H and O–H groups in total. The van der Waals surface area contributed by atoms with Gasteiger partial charge in [-0.1, -0.05) is 0 Å². The number of nitrogens with one attached hydrogen (secondary N) is 2. The second kappa shape index (κ2) is 5.76. The van der Waals surface area contributed by atoms with E-state index >= 15 is 0 Å². The normalized spacial score (nSPS) is 18.4. The summed E-state index contributed by atoms with van der Waals surface area (Å²) in [6.07, 6.45) is 4.30. The standard InChI is InChI=1S/C12H18N6OS/c1-18(2)12-15-11(16-17-12)14-7-8-6-13-10(20-8)9-4-3-5-19-9/h6,9H,3-5,7H2,1-2H3,(H2,14,15,16,17). The molecule has 1 aliphatic heterocycles. The fraction of sp³-hybridized carbons (Fsp3) is 0.583. The van der Waals surface area contributed by atoms with E-state index < -0.39 is 0 Å². The Morgan fingerprint density at radius 1 is 1.55 bits per heavy atom. The molecular formula is C12H18N6OS. The van der Waals surface area contributed by atoms with Gasteiger partial charge >= 0.3 is 0 Å². The summed E-state index contributed by atoms with van der Waals surface area (Å²) in [5.74, 6) is 1.33. The number of hydrogen-bond acceptors (Lipinski definition) is 7. The second-order valence-corrected chi connectivity index (χ2v) is 6.05. The quantitative estimate of drug-likeness (QED) is 0.875. The monoisotopic (exact) mass is 294 g/mol. The lowest BCUT2D eigenvalue weighted by Crippen LogP contribution is -2.10. The molecule has 1 atom stereocenters. The van der Waals surface area contributed by atoms with Gasteiger partial charge in [0.1, 0.15) is 11.1 Å². The summed E-state index contributed by atoms with van der Waals surface area (Å²) in [6, 6.07) is 0. The third-order valence-corrected chi connectivity index (χ3v) is 4.17. The van der Waals surface area contributed by atoms with Gasteiger partial charge in [-0.05, 0) is 12.8 Å². The minimum absolute atomic E-state index is 0.194. The maximum absolute atomic E-state index is 5.64. The highest BCUT2D eigenvalue weighted by atomic mass is 32.1. The van der Waals surface area contributed by atoms with Crippen LogP contribution in [0.15, 0.2) is 6.20 Å². The van der Waals surface area contributed by atoms with Crippen LogP contribution < -0.4 is 10.2 Å². The van der Waals surface area contributed by atoms with Crippen LogP contribution in [0, 0.1) is 0 Å². The van der Waals surface area contributed by atoms with Crippen molar-refractivity contribution < 1.29 is 4.74 Å². The highest BCUT2D eigenvalue weighted by Crippen LogP contribution is 2.31. The van der Waals surface area contributed by atoms with Gasteiger partial charge in [0.2, 0.25) is 11.9 Å². The zero-order valence-electron chi connectivity index (χ0n) is 11.6. The first-order chi connectivity index (χ1) is 9.72. The van der Waals surface area contributed by atoms with E-state index in [2.05, 4.69) is 25.5 Å². The minimum Gasteiger partial charge on any atom is -0.371 e. The molecule has 0 aromatic carbocycles. The van der Waals surface area contributed by atoms with Crippen molar-refractivity contribution in [2.75, 3.05) is 30.9 Å². The number of hydrogen-bond donors (Lipinski definition) is 2. The van der Waals surface area contributed by atoms with E-state index in [0.29, 0.717) is 18.4 Å². The molecule has 2 aromatic heterocycles. The third kappa shape index (κ3) is 2.91. The number of ether oxygens (including phenoxy) is 1. The minimum atomic E-state index is 0.194. The molecular weight excluding hydrogens is 276 g/mol. The Morgan fingerprint density at radius 3 is 3.15 bits per heavy atom. The highest BCUT2D eigenvalue weighted by molar-refractivity contribution is 7.11. The van der Waals surface area contributed by atoms with E-state index in [-0.39, 0.29) is 6.10 Å². The van der Waals surface area contributed by atoms with Gasteiger partial charge in [0.05, 0.1) is 6.54 Å². The first kappa shape index (κ1) is 13.3. The molecule has 0 radical (unpaired) electrons. The molecule has 0 aliphatic carbocycles. The summed E-state index contributed by atoms with van der Waals surface area (Å²) < 4.78 is 5.64. The Balaban J connectivity index is 1.57. The molecule has 2 aromatic rings. The van der Waals surface area contributed by atoms with Gasteiger partial charge < -0.3 is 15.0 Å². The van der Waals surface area contributed by atoms with E-state index in [9.17, 15) is 0 Å². The van der Waals surface area contributed by atoms with E-state index in [1.807, 2.05) is 25.2 Å². The Bertz CT molecular complexity index is 560. The Labute approximate surface area is 121 Å². The van der Waals surface area contributed by atoms with Crippen molar-refractivity contribution in [3.63, 3.8) is 0 Å². The fourth-order valence-electron chi connectivity index (χ4n) is 2.03. The van der Waals surface area contributed by atoms with Crippen LogP contribution >= 0.6 is 11.3 Å². The topological polar surface area (TPSA) is 79.0 Å². The molecule has 0 spiro atoms. The number of H-pyrrole nitrogens is 1. The highest BCUT2D eigenvalue weighted by Gasteiger charge is 2.20. The predicted molar refractivity (Wildman–Crippen MR) is 78.1 cm³/mol. The molecule has 3 rings (SSSR count). The zero-order chi connectivity index (χ0) is 13.9. The summed E-state index contributed by atoms with van der Waals surface area (Å²) in [5, 5.41) is 11.2. The molecule has 20 heavy (non-hydrogen) atoms. The van der Waals surface area contributed by atoms with Gasteiger partial charge in [-0.15, -0.1) is 16.4 Å². The van der Waals surface area contributed by atoms with Crippen molar-refractivity contribution in [3.05, 3.63) is 16.1 Å². The van der Waals surface area contributed by atoms with Gasteiger partial charge in [0.25, 0.3) is 0 Å². The molecule has 1 saturated heterocycles. The number of anilines is 2. The van der Waals surface area contributed by atoms with Crippen LogP contribution in [-0.4, -0.2) is 40.9 Å². The van der Waals surface area contributed by atoms with Crippen molar-refractivity contribution in [3.8, 4) is 0 Å². The first-order valence-electron chi connectivity index (χ1n) is 6.62.